The second-order valence-electron chi connectivity index (χ2n) is 27.9. The number of H-pyrrole nitrogens is 2. The van der Waals surface area contributed by atoms with Crippen LogP contribution in [0, 0.1) is 84.7 Å². The van der Waals surface area contributed by atoms with Crippen molar-refractivity contribution in [1.82, 2.24) is 25.3 Å². The van der Waals surface area contributed by atoms with Crippen molar-refractivity contribution >= 4 is 17.7 Å². The highest BCUT2D eigenvalue weighted by atomic mass is 16.7. The number of anilines is 1. The standard InChI is InChI=1S/C59H85N7O12/c1-52(25-67)17-18-57(51(75)76)34(21-52)32-10-16-59-29-9-15-58(32,33-20-36-48(65-28-64-36)62-22-35(33)57)54(59,3)14-11-39-53(2,26-68)47(78-49-46(73)44(71)38(69)24-77-49)45(72)42(55(39,59)4)31(19-29)41-43(66-50(74)56(41)12-5-6-13-56)30(7-8-40(60)70)37-23-61-27-63-37/h10,19,23,27-28,30-31,33-35,38-47,49,62,67-73H,5-9,11-18,20-22,24-26,60H2,1-4H3,(H,61,63)(H,64,65)(H,66,74)(H,75,76)/t30-,31-,33-,34+,35-,38-,39-,40+,41+,42+,43+,44+,45-,46-,47-,49+,52+,53+,54+,55-,57-,58+,59-/m1/s1. The second kappa shape index (κ2) is 18.1. The SMILES string of the molecule is C[C@]1(CO)CC[C@]2(C(=O)O)[C@@H]3CNc4nc[nH]c4C[C@H]3[C@@]34CCC5=C[C@H]([C@H]6[C@H]([C@H](CC[C@@H](N)O)c7cnc[nH]7)NC(=O)C67CCCC7)[C@H]6[C@@H](O)[C@@H](O[C@@H]7OC[C@@H](O)[C@H](O)[C@H]7O)[C@@](C)(CO)[C@H]7CC[C@]3(C)[C@]5(CC=C4[C@@H]2C1)[C@@]67C. The number of ether oxygens (including phenoxy) is 2. The van der Waals surface area contributed by atoms with E-state index in [1.54, 1.807) is 18.9 Å². The van der Waals surface area contributed by atoms with Crippen LogP contribution in [-0.2, 0) is 25.5 Å². The number of carbonyl (C=O) groups excluding carboxylic acids is 1. The summed E-state index contributed by atoms with van der Waals surface area (Å²) < 4.78 is 12.9. The van der Waals surface area contributed by atoms with Crippen LogP contribution in [0.3, 0.4) is 0 Å². The van der Waals surface area contributed by atoms with Gasteiger partial charge in [0.2, 0.25) is 5.91 Å². The lowest BCUT2D eigenvalue weighted by molar-refractivity contribution is -0.361. The Bertz CT molecular complexity index is 2750. The molecule has 3 spiro atoms. The predicted octanol–water partition coefficient (Wildman–Crippen LogP) is 3.62. The molecule has 8 aliphatic carbocycles. The summed E-state index contributed by atoms with van der Waals surface area (Å²) in [4.78, 5) is 46.0. The van der Waals surface area contributed by atoms with Gasteiger partial charge in [0.15, 0.2) is 6.29 Å². The van der Waals surface area contributed by atoms with Crippen LogP contribution in [0.2, 0.25) is 0 Å². The Labute approximate surface area is 456 Å². The molecule has 8 fully saturated rings. The number of aromatic nitrogens is 4. The Hall–Kier alpha value is -3.76. The second-order valence-corrected chi connectivity index (χ2v) is 27.9. The minimum atomic E-state index is -1.66. The molecule has 2 bridgehead atoms. The number of amides is 1. The van der Waals surface area contributed by atoms with Crippen LogP contribution in [0.1, 0.15) is 135 Å². The van der Waals surface area contributed by atoms with E-state index in [2.05, 4.69) is 58.5 Å². The third-order valence-corrected chi connectivity index (χ3v) is 25.5. The van der Waals surface area contributed by atoms with E-state index in [0.29, 0.717) is 77.2 Å². The van der Waals surface area contributed by atoms with Gasteiger partial charge in [0.1, 0.15) is 30.4 Å². The Kier molecular flexibility index (Phi) is 12.4. The van der Waals surface area contributed by atoms with Crippen LogP contribution in [0.4, 0.5) is 5.82 Å². The molecule has 14 N–H and O–H groups in total. The number of carboxylic acid groups (broad SMARTS) is 1. The summed E-state index contributed by atoms with van der Waals surface area (Å²) in [5.41, 5.74) is 4.13. The van der Waals surface area contributed by atoms with Crippen LogP contribution in [0.25, 0.3) is 0 Å². The normalized spacial score (nSPS) is 49.3. The number of rotatable bonds is 11. The quantitative estimate of drug-likeness (QED) is 0.0868. The molecule has 6 saturated carbocycles. The maximum Gasteiger partial charge on any atom is 0.310 e. The summed E-state index contributed by atoms with van der Waals surface area (Å²) in [5.74, 6) is -3.03. The fourth-order valence-corrected chi connectivity index (χ4v) is 22.4. The topological polar surface area (TPSA) is 322 Å². The zero-order valence-corrected chi connectivity index (χ0v) is 45.7. The maximum absolute atomic E-state index is 15.3. The monoisotopic (exact) mass is 1080 g/mol. The first-order chi connectivity index (χ1) is 37.2. The molecule has 0 unspecified atom stereocenters. The fraction of sp³-hybridized carbons (Fsp3) is 0.797. The Morgan fingerprint density at radius 2 is 1.72 bits per heavy atom. The van der Waals surface area contributed by atoms with Crippen molar-refractivity contribution in [1.29, 1.82) is 0 Å². The molecular weight excluding hydrogens is 999 g/mol. The molecule has 2 aromatic rings. The number of nitrogens with two attached hydrogens (primary N) is 1. The third kappa shape index (κ3) is 6.57. The summed E-state index contributed by atoms with van der Waals surface area (Å²) in [7, 11) is 0. The summed E-state index contributed by atoms with van der Waals surface area (Å²) in [6.07, 6.45) is 9.63. The van der Waals surface area contributed by atoms with Crippen LogP contribution in [0.15, 0.2) is 42.1 Å². The van der Waals surface area contributed by atoms with Gasteiger partial charge in [0.25, 0.3) is 0 Å². The number of hydrogen-bond acceptors (Lipinski definition) is 15. The van der Waals surface area contributed by atoms with E-state index in [1.807, 2.05) is 6.92 Å². The zero-order chi connectivity index (χ0) is 54.9. The van der Waals surface area contributed by atoms with Crippen molar-refractivity contribution in [2.45, 2.75) is 179 Å². The van der Waals surface area contributed by atoms with Crippen molar-refractivity contribution in [3.63, 3.8) is 0 Å². The number of aromatic amines is 2. The molecular formula is C59H85N7O12. The first-order valence-corrected chi connectivity index (χ1v) is 29.5. The number of carbonyl (C=O) groups is 2. The molecule has 23 atom stereocenters. The molecule has 2 aromatic heterocycles. The lowest BCUT2D eigenvalue weighted by atomic mass is 9.20. The molecule has 0 radical (unpaired) electrons. The average Bonchev–Trinajstić information content (AvgIpc) is 0.995. The molecule has 13 rings (SSSR count). The Morgan fingerprint density at radius 1 is 0.936 bits per heavy atom. The van der Waals surface area contributed by atoms with Gasteiger partial charge in [-0.2, -0.15) is 0 Å². The smallest absolute Gasteiger partial charge is 0.310 e. The molecule has 78 heavy (non-hydrogen) atoms. The van der Waals surface area contributed by atoms with E-state index >= 15 is 4.79 Å². The van der Waals surface area contributed by atoms with E-state index in [1.165, 1.54) is 11.1 Å². The fourth-order valence-electron chi connectivity index (χ4n) is 22.4. The summed E-state index contributed by atoms with van der Waals surface area (Å²) in [5, 5.41) is 101. The first kappa shape index (κ1) is 53.5. The third-order valence-electron chi connectivity index (χ3n) is 25.5. The van der Waals surface area contributed by atoms with Crippen molar-refractivity contribution < 1.29 is 59.9 Å². The van der Waals surface area contributed by atoms with E-state index in [4.69, 9.17) is 20.2 Å². The molecule has 0 aromatic carbocycles. The van der Waals surface area contributed by atoms with Crippen molar-refractivity contribution in [2.24, 2.45) is 90.5 Å². The van der Waals surface area contributed by atoms with E-state index in [9.17, 15) is 45.6 Å². The molecule has 5 heterocycles. The predicted molar refractivity (Wildman–Crippen MR) is 282 cm³/mol. The molecule has 2 saturated heterocycles. The van der Waals surface area contributed by atoms with Gasteiger partial charge in [-0.15, -0.1) is 0 Å². The minimum absolute atomic E-state index is 0.0169. The number of nitrogens with one attached hydrogen (secondary N) is 4. The molecule has 428 valence electrons. The van der Waals surface area contributed by atoms with Gasteiger partial charge in [-0.3, -0.25) is 9.59 Å². The van der Waals surface area contributed by atoms with Crippen LogP contribution >= 0.6 is 0 Å². The van der Waals surface area contributed by atoms with E-state index in [-0.39, 0.29) is 67.7 Å². The van der Waals surface area contributed by atoms with Gasteiger partial charge in [-0.1, -0.05) is 63.8 Å². The minimum Gasteiger partial charge on any atom is -0.481 e. The number of imidazole rings is 2. The van der Waals surface area contributed by atoms with Gasteiger partial charge in [-0.25, -0.2) is 9.97 Å². The Balaban J connectivity index is 1.06. The van der Waals surface area contributed by atoms with Crippen LogP contribution in [-0.4, -0.2) is 148 Å². The molecule has 3 aliphatic heterocycles. The van der Waals surface area contributed by atoms with Gasteiger partial charge in [0, 0.05) is 65.1 Å². The number of allylic oxidation sites excluding steroid dienone is 4. The van der Waals surface area contributed by atoms with Gasteiger partial charge >= 0.3 is 5.97 Å². The number of carboxylic acids is 1. The number of fused-ring (bicyclic) bond motifs is 5. The average molecular weight is 1080 g/mol. The molecule has 19 heteroatoms. The van der Waals surface area contributed by atoms with Gasteiger partial charge < -0.3 is 76.7 Å². The van der Waals surface area contributed by atoms with Gasteiger partial charge in [-0.05, 0) is 129 Å². The number of aliphatic carboxylic acids is 1. The summed E-state index contributed by atoms with van der Waals surface area (Å²) in [6.45, 7) is 8.66. The zero-order valence-electron chi connectivity index (χ0n) is 45.7. The van der Waals surface area contributed by atoms with Crippen LogP contribution < -0.4 is 16.4 Å². The number of aliphatic hydroxyl groups is 7. The largest absolute Gasteiger partial charge is 0.481 e. The van der Waals surface area contributed by atoms with Crippen molar-refractivity contribution in [3.05, 3.63) is 53.5 Å². The lowest BCUT2D eigenvalue weighted by Gasteiger charge is -2.83. The summed E-state index contributed by atoms with van der Waals surface area (Å²) in [6, 6.07) is -0.481. The number of hydrogen-bond donors (Lipinski definition) is 13. The van der Waals surface area contributed by atoms with Gasteiger partial charge in [0.05, 0.1) is 54.6 Å². The molecule has 11 aliphatic rings. The highest BCUT2D eigenvalue weighted by molar-refractivity contribution is 5.86. The molecule has 19 nitrogen and oxygen atoms in total. The lowest BCUT2D eigenvalue weighted by Crippen LogP contribution is -2.81. The highest BCUT2D eigenvalue weighted by Gasteiger charge is 2.85. The first-order valence-electron chi connectivity index (χ1n) is 29.5. The van der Waals surface area contributed by atoms with E-state index in [0.717, 1.165) is 36.5 Å². The maximum atomic E-state index is 15.3. The summed E-state index contributed by atoms with van der Waals surface area (Å²) >= 11 is 0. The molecule has 1 amide bonds. The van der Waals surface area contributed by atoms with Crippen LogP contribution in [0.5, 0.6) is 0 Å². The van der Waals surface area contributed by atoms with Crippen molar-refractivity contribution in [3.8, 4) is 0 Å². The highest BCUT2D eigenvalue weighted by Crippen LogP contribution is 2.89. The number of aliphatic hydroxyl groups excluding tert-OH is 7. The Morgan fingerprint density at radius 3 is 2.42 bits per heavy atom. The van der Waals surface area contributed by atoms with E-state index < -0.39 is 110 Å². The van der Waals surface area contributed by atoms with Crippen molar-refractivity contribution in [2.75, 3.05) is 31.7 Å². The number of nitrogens with zero attached hydrogens (tertiary/aromatic N) is 2.